The van der Waals surface area contributed by atoms with Crippen molar-refractivity contribution in [2.75, 3.05) is 0 Å². The normalized spacial score (nSPS) is 15.9. The fraction of sp³-hybridized carbons (Fsp3) is 0.111. The lowest BCUT2D eigenvalue weighted by atomic mass is 9.91. The maximum Gasteiger partial charge on any atom is 0.335 e. The molecule has 114 valence electrons. The molecule has 5 heteroatoms. The van der Waals surface area contributed by atoms with Crippen molar-refractivity contribution < 1.29 is 19.0 Å². The quantitative estimate of drug-likeness (QED) is 0.842. The van der Waals surface area contributed by atoms with Gasteiger partial charge in [0, 0.05) is 11.1 Å². The van der Waals surface area contributed by atoms with Crippen LogP contribution in [0.15, 0.2) is 42.5 Å². The summed E-state index contributed by atoms with van der Waals surface area (Å²) in [5.41, 5.74) is 1.37. The summed E-state index contributed by atoms with van der Waals surface area (Å²) in [6.45, 7) is 9.05. The highest BCUT2D eigenvalue weighted by molar-refractivity contribution is 5.94. The molecule has 0 aromatic heterocycles. The van der Waals surface area contributed by atoms with Gasteiger partial charge in [-0.1, -0.05) is 12.1 Å². The Morgan fingerprint density at radius 1 is 1.35 bits per heavy atom. The average molecular weight is 309 g/mol. The second kappa shape index (κ2) is 5.58. The minimum Gasteiger partial charge on any atom is -0.486 e. The highest BCUT2D eigenvalue weighted by Gasteiger charge is 2.24. The van der Waals surface area contributed by atoms with Crippen molar-refractivity contribution in [3.05, 3.63) is 76.4 Å². The third-order valence-corrected chi connectivity index (χ3v) is 3.61. The SMILES string of the molecule is [C-]#[N+]c1cccc(F)c1C1=CC(C)Oc2ccc(C(=O)O)cc21. The van der Waals surface area contributed by atoms with Gasteiger partial charge in [-0.2, -0.15) is 0 Å². The Kier molecular flexibility index (Phi) is 3.59. The summed E-state index contributed by atoms with van der Waals surface area (Å²) in [6, 6.07) is 8.73. The van der Waals surface area contributed by atoms with Gasteiger partial charge in [0.25, 0.3) is 0 Å². The Morgan fingerprint density at radius 3 is 2.83 bits per heavy atom. The standard InChI is InChI=1S/C18H12FNO3/c1-10-8-13(17-14(19)4-3-5-15(17)20-2)12-9-11(18(21)22)6-7-16(12)23-10/h3-10H,1H3,(H,21,22). The Balaban J connectivity index is 2.28. The Labute approximate surface area is 132 Å². The third-order valence-electron chi connectivity index (χ3n) is 3.61. The van der Waals surface area contributed by atoms with E-state index in [-0.39, 0.29) is 22.9 Å². The Morgan fingerprint density at radius 2 is 2.13 bits per heavy atom. The van der Waals surface area contributed by atoms with E-state index in [0.29, 0.717) is 16.9 Å². The number of carboxylic acid groups (broad SMARTS) is 1. The van der Waals surface area contributed by atoms with Gasteiger partial charge in [-0.25, -0.2) is 14.0 Å². The largest absolute Gasteiger partial charge is 0.486 e. The highest BCUT2D eigenvalue weighted by atomic mass is 19.1. The molecule has 2 aromatic rings. The van der Waals surface area contributed by atoms with E-state index in [2.05, 4.69) is 4.85 Å². The molecule has 4 nitrogen and oxygen atoms in total. The molecule has 0 saturated heterocycles. The molecule has 1 aliphatic heterocycles. The number of fused-ring (bicyclic) bond motifs is 1. The van der Waals surface area contributed by atoms with E-state index in [1.54, 1.807) is 19.1 Å². The van der Waals surface area contributed by atoms with Crippen LogP contribution in [0, 0.1) is 12.4 Å². The number of hydrogen-bond donors (Lipinski definition) is 1. The van der Waals surface area contributed by atoms with Crippen LogP contribution in [0.1, 0.15) is 28.4 Å². The van der Waals surface area contributed by atoms with Gasteiger partial charge in [-0.3, -0.25) is 0 Å². The molecule has 0 aliphatic carbocycles. The van der Waals surface area contributed by atoms with Crippen molar-refractivity contribution in [2.45, 2.75) is 13.0 Å². The van der Waals surface area contributed by atoms with Crippen molar-refractivity contribution in [2.24, 2.45) is 0 Å². The highest BCUT2D eigenvalue weighted by Crippen LogP contribution is 2.41. The van der Waals surface area contributed by atoms with Crippen LogP contribution in [0.4, 0.5) is 10.1 Å². The van der Waals surface area contributed by atoms with Gasteiger partial charge in [-0.05, 0) is 42.8 Å². The molecule has 0 fully saturated rings. The van der Waals surface area contributed by atoms with Crippen LogP contribution in [0.25, 0.3) is 10.4 Å². The van der Waals surface area contributed by atoms with Gasteiger partial charge in [0.2, 0.25) is 0 Å². The zero-order valence-corrected chi connectivity index (χ0v) is 12.2. The van der Waals surface area contributed by atoms with E-state index in [0.717, 1.165) is 0 Å². The van der Waals surface area contributed by atoms with Crippen LogP contribution in [0.3, 0.4) is 0 Å². The van der Waals surface area contributed by atoms with Gasteiger partial charge in [-0.15, -0.1) is 0 Å². The van der Waals surface area contributed by atoms with Gasteiger partial charge >= 0.3 is 5.97 Å². The summed E-state index contributed by atoms with van der Waals surface area (Å²) >= 11 is 0. The molecule has 0 saturated carbocycles. The number of aromatic carboxylic acids is 1. The summed E-state index contributed by atoms with van der Waals surface area (Å²) in [6.07, 6.45) is 1.38. The summed E-state index contributed by atoms with van der Waals surface area (Å²) in [7, 11) is 0. The summed E-state index contributed by atoms with van der Waals surface area (Å²) in [5.74, 6) is -1.13. The summed E-state index contributed by atoms with van der Waals surface area (Å²) < 4.78 is 20.0. The smallest absolute Gasteiger partial charge is 0.335 e. The first-order chi connectivity index (χ1) is 11.0. The van der Waals surface area contributed by atoms with Crippen molar-refractivity contribution >= 4 is 17.2 Å². The lowest BCUT2D eigenvalue weighted by Crippen LogP contribution is -2.16. The second-order valence-electron chi connectivity index (χ2n) is 5.17. The number of carboxylic acids is 1. The molecule has 1 heterocycles. The molecule has 3 rings (SSSR count). The van der Waals surface area contributed by atoms with Crippen molar-refractivity contribution in [3.63, 3.8) is 0 Å². The Hall–Kier alpha value is -3.13. The minimum atomic E-state index is -1.08. The van der Waals surface area contributed by atoms with Crippen molar-refractivity contribution in [1.29, 1.82) is 0 Å². The van der Waals surface area contributed by atoms with Crippen LogP contribution in [0.5, 0.6) is 5.75 Å². The zero-order valence-electron chi connectivity index (χ0n) is 12.2. The summed E-state index contributed by atoms with van der Waals surface area (Å²) in [5, 5.41) is 9.17. The molecule has 0 bridgehead atoms. The fourth-order valence-corrected chi connectivity index (χ4v) is 2.63. The van der Waals surface area contributed by atoms with Gasteiger partial charge in [0.05, 0.1) is 12.1 Å². The van der Waals surface area contributed by atoms with Crippen LogP contribution < -0.4 is 4.74 Å². The number of carbonyl (C=O) groups is 1. The van der Waals surface area contributed by atoms with Crippen LogP contribution in [-0.2, 0) is 0 Å². The van der Waals surface area contributed by atoms with E-state index >= 15 is 0 Å². The first-order valence-corrected chi connectivity index (χ1v) is 6.94. The van der Waals surface area contributed by atoms with Crippen LogP contribution >= 0.6 is 0 Å². The van der Waals surface area contributed by atoms with E-state index in [1.807, 2.05) is 0 Å². The maximum atomic E-state index is 14.4. The summed E-state index contributed by atoms with van der Waals surface area (Å²) in [4.78, 5) is 14.6. The van der Waals surface area contributed by atoms with Gasteiger partial charge < -0.3 is 9.84 Å². The van der Waals surface area contributed by atoms with Gasteiger partial charge in [0.15, 0.2) is 5.69 Å². The average Bonchev–Trinajstić information content (AvgIpc) is 2.53. The Bertz CT molecular complexity index is 880. The van der Waals surface area contributed by atoms with E-state index in [4.69, 9.17) is 16.4 Å². The van der Waals surface area contributed by atoms with Crippen LogP contribution in [-0.4, -0.2) is 17.2 Å². The molecule has 1 unspecified atom stereocenters. The molecule has 0 radical (unpaired) electrons. The monoisotopic (exact) mass is 309 g/mol. The molecule has 23 heavy (non-hydrogen) atoms. The molecular formula is C18H12FNO3. The number of nitrogens with zero attached hydrogens (tertiary/aromatic N) is 1. The third kappa shape index (κ3) is 2.55. The predicted octanol–water partition coefficient (Wildman–Crippen LogP) is 4.29. The topological polar surface area (TPSA) is 50.9 Å². The number of halogens is 1. The van der Waals surface area contributed by atoms with Crippen LogP contribution in [0.2, 0.25) is 0 Å². The maximum absolute atomic E-state index is 14.4. The van der Waals surface area contributed by atoms with E-state index < -0.39 is 11.8 Å². The lowest BCUT2D eigenvalue weighted by Gasteiger charge is -2.24. The molecule has 0 amide bonds. The number of rotatable bonds is 2. The van der Waals surface area contributed by atoms with Crippen molar-refractivity contribution in [3.8, 4) is 5.75 Å². The predicted molar refractivity (Wildman–Crippen MR) is 83.2 cm³/mol. The molecule has 0 spiro atoms. The second-order valence-corrected chi connectivity index (χ2v) is 5.17. The molecule has 1 atom stereocenters. The first-order valence-electron chi connectivity index (χ1n) is 6.94. The van der Waals surface area contributed by atoms with E-state index in [1.165, 1.54) is 30.3 Å². The number of hydrogen-bond acceptors (Lipinski definition) is 2. The first kappa shape index (κ1) is 14.8. The molecular weight excluding hydrogens is 297 g/mol. The molecule has 1 aliphatic rings. The lowest BCUT2D eigenvalue weighted by molar-refractivity contribution is 0.0697. The van der Waals surface area contributed by atoms with Crippen molar-refractivity contribution in [1.82, 2.24) is 0 Å². The minimum absolute atomic E-state index is 0.0773. The van der Waals surface area contributed by atoms with E-state index in [9.17, 15) is 9.18 Å². The number of ether oxygens (including phenoxy) is 1. The number of benzene rings is 2. The zero-order chi connectivity index (χ0) is 16.6. The molecule has 2 aromatic carbocycles. The molecule has 1 N–H and O–H groups in total. The fourth-order valence-electron chi connectivity index (χ4n) is 2.63. The van der Waals surface area contributed by atoms with Gasteiger partial charge in [0.1, 0.15) is 17.7 Å².